The molecule has 0 bridgehead atoms. The number of hydrogen-bond donors (Lipinski definition) is 1. The summed E-state index contributed by atoms with van der Waals surface area (Å²) >= 11 is 7.86. The highest BCUT2D eigenvalue weighted by molar-refractivity contribution is 7.99. The van der Waals surface area contributed by atoms with Crippen LogP contribution < -0.4 is 8.92 Å². The number of halogens is 1. The van der Waals surface area contributed by atoms with Gasteiger partial charge in [0.2, 0.25) is 0 Å². The van der Waals surface area contributed by atoms with Gasteiger partial charge in [-0.05, 0) is 47.0 Å². The van der Waals surface area contributed by atoms with Crippen molar-refractivity contribution < 1.29 is 27.2 Å². The van der Waals surface area contributed by atoms with E-state index in [9.17, 15) is 13.2 Å². The van der Waals surface area contributed by atoms with E-state index in [0.717, 1.165) is 27.9 Å². The maximum Gasteiger partial charge on any atom is 0.341 e. The highest BCUT2D eigenvalue weighted by Gasteiger charge is 2.09. The number of benzene rings is 3. The van der Waals surface area contributed by atoms with Crippen molar-refractivity contribution in [2.45, 2.75) is 4.90 Å². The third-order valence-electron chi connectivity index (χ3n) is 4.29. The van der Waals surface area contributed by atoms with E-state index in [1.54, 1.807) is 30.3 Å². The maximum absolute atomic E-state index is 11.4. The minimum absolute atomic E-state index is 0.250. The van der Waals surface area contributed by atoms with Crippen molar-refractivity contribution in [3.05, 3.63) is 95.0 Å². The van der Waals surface area contributed by atoms with Crippen molar-refractivity contribution >= 4 is 45.0 Å². The molecule has 0 aliphatic rings. The van der Waals surface area contributed by atoms with Crippen LogP contribution in [0.3, 0.4) is 0 Å². The Morgan fingerprint density at radius 1 is 1.00 bits per heavy atom. The molecule has 0 saturated carbocycles. The Morgan fingerprint density at radius 2 is 1.64 bits per heavy atom. The van der Waals surface area contributed by atoms with Gasteiger partial charge in [0.25, 0.3) is 0 Å². The van der Waals surface area contributed by atoms with E-state index in [0.29, 0.717) is 16.5 Å². The van der Waals surface area contributed by atoms with Gasteiger partial charge in [0.05, 0.1) is 11.3 Å². The predicted molar refractivity (Wildman–Crippen MR) is 131 cm³/mol. The number of carboxylic acid groups (broad SMARTS) is 1. The summed E-state index contributed by atoms with van der Waals surface area (Å²) in [6.45, 7) is -0.431. The minimum Gasteiger partial charge on any atom is -0.482 e. The summed E-state index contributed by atoms with van der Waals surface area (Å²) in [6.07, 6.45) is 3.07. The normalized spacial score (nSPS) is 11.8. The number of aliphatic carboxylic acids is 1. The molecular weight excluding hydrogens is 484 g/mol. The fourth-order valence-corrected chi connectivity index (χ4v) is 4.52. The fourth-order valence-electron chi connectivity index (χ4n) is 2.93. The lowest BCUT2D eigenvalue weighted by atomic mass is 9.98. The molecule has 0 aromatic heterocycles. The Kier molecular flexibility index (Phi) is 8.43. The van der Waals surface area contributed by atoms with Gasteiger partial charge in [-0.25, -0.2) is 4.79 Å². The number of ether oxygens (including phenoxy) is 1. The lowest BCUT2D eigenvalue weighted by Crippen LogP contribution is -2.09. The van der Waals surface area contributed by atoms with Gasteiger partial charge < -0.3 is 14.0 Å². The highest BCUT2D eigenvalue weighted by Crippen LogP contribution is 2.32. The average Bonchev–Trinajstić information content (AvgIpc) is 2.77. The van der Waals surface area contributed by atoms with E-state index in [-0.39, 0.29) is 5.75 Å². The van der Waals surface area contributed by atoms with E-state index >= 15 is 0 Å². The number of carboxylic acids is 1. The van der Waals surface area contributed by atoms with Gasteiger partial charge in [0.15, 0.2) is 6.61 Å². The summed E-state index contributed by atoms with van der Waals surface area (Å²) in [5.74, 6) is 0.198. The summed E-state index contributed by atoms with van der Waals surface area (Å²) in [5, 5.41) is 9.19. The molecule has 0 radical (unpaired) electrons. The molecule has 0 aliphatic carbocycles. The van der Waals surface area contributed by atoms with Crippen LogP contribution >= 0.6 is 23.4 Å². The van der Waals surface area contributed by atoms with E-state index in [1.807, 2.05) is 42.5 Å². The van der Waals surface area contributed by atoms with Crippen LogP contribution in [0, 0.1) is 0 Å². The van der Waals surface area contributed by atoms with E-state index in [4.69, 9.17) is 25.6 Å². The molecular formula is C24H21ClO6S2. The number of carbonyl (C=O) groups is 1. The second-order valence-corrected chi connectivity index (χ2v) is 9.93. The molecule has 9 heteroatoms. The van der Waals surface area contributed by atoms with Crippen molar-refractivity contribution in [1.82, 2.24) is 0 Å². The number of hydrogen-bond acceptors (Lipinski definition) is 6. The Hall–Kier alpha value is -2.94. The first-order valence-electron chi connectivity index (χ1n) is 9.74. The molecule has 172 valence electrons. The van der Waals surface area contributed by atoms with Crippen LogP contribution in [0.1, 0.15) is 11.1 Å². The van der Waals surface area contributed by atoms with Gasteiger partial charge in [-0.1, -0.05) is 60.1 Å². The molecule has 3 aromatic rings. The number of rotatable bonds is 10. The lowest BCUT2D eigenvalue weighted by Gasteiger charge is -2.11. The maximum atomic E-state index is 11.4. The molecule has 0 saturated heterocycles. The Labute approximate surface area is 201 Å². The molecule has 0 amide bonds. The first kappa shape index (κ1) is 24.7. The molecule has 0 fully saturated rings. The Morgan fingerprint density at radius 3 is 2.24 bits per heavy atom. The SMILES string of the molecule is CS(=O)(=O)Oc1ccc(C(=CCSc2ccc(OCC(=O)O)cc2Cl)c2ccccc2)cc1. The topological polar surface area (TPSA) is 89.9 Å². The average molecular weight is 505 g/mol. The highest BCUT2D eigenvalue weighted by atomic mass is 35.5. The van der Waals surface area contributed by atoms with E-state index < -0.39 is 22.7 Å². The van der Waals surface area contributed by atoms with Crippen LogP contribution in [0.15, 0.2) is 83.8 Å². The van der Waals surface area contributed by atoms with E-state index in [1.165, 1.54) is 11.8 Å². The third-order valence-corrected chi connectivity index (χ3v) is 6.21. The van der Waals surface area contributed by atoms with Crippen molar-refractivity contribution in [3.8, 4) is 11.5 Å². The molecule has 1 N–H and O–H groups in total. The summed E-state index contributed by atoms with van der Waals surface area (Å²) < 4.78 is 32.8. The second kappa shape index (κ2) is 11.3. The summed E-state index contributed by atoms with van der Waals surface area (Å²) in [4.78, 5) is 11.5. The standard InChI is InChI=1S/C24H21ClO6S2/c1-33(28,29)31-19-9-7-18(8-10-19)21(17-5-3-2-4-6-17)13-14-32-23-12-11-20(15-22(23)25)30-16-24(26)27/h2-13,15H,14,16H2,1H3,(H,26,27). The predicted octanol–water partition coefficient (Wildman–Crippen LogP) is 5.37. The van der Waals surface area contributed by atoms with Crippen molar-refractivity contribution in [2.75, 3.05) is 18.6 Å². The molecule has 0 atom stereocenters. The van der Waals surface area contributed by atoms with Gasteiger partial charge in [-0.3, -0.25) is 0 Å². The van der Waals surface area contributed by atoms with Gasteiger partial charge in [-0.2, -0.15) is 8.42 Å². The molecule has 3 aromatic carbocycles. The van der Waals surface area contributed by atoms with E-state index in [2.05, 4.69) is 6.08 Å². The second-order valence-electron chi connectivity index (χ2n) is 6.88. The van der Waals surface area contributed by atoms with Crippen LogP contribution in [-0.2, 0) is 14.9 Å². The van der Waals surface area contributed by atoms with Crippen LogP contribution in [0.2, 0.25) is 5.02 Å². The smallest absolute Gasteiger partial charge is 0.341 e. The van der Waals surface area contributed by atoms with Gasteiger partial charge in [0.1, 0.15) is 11.5 Å². The monoisotopic (exact) mass is 504 g/mol. The first-order chi connectivity index (χ1) is 15.7. The van der Waals surface area contributed by atoms with Gasteiger partial charge in [-0.15, -0.1) is 11.8 Å². The zero-order valence-electron chi connectivity index (χ0n) is 17.6. The van der Waals surface area contributed by atoms with Crippen LogP contribution in [0.25, 0.3) is 5.57 Å². The third kappa shape index (κ3) is 7.85. The Balaban J connectivity index is 1.78. The van der Waals surface area contributed by atoms with Gasteiger partial charge in [0, 0.05) is 10.6 Å². The summed E-state index contributed by atoms with van der Waals surface area (Å²) in [7, 11) is -3.59. The van der Waals surface area contributed by atoms with Gasteiger partial charge >= 0.3 is 16.1 Å². The summed E-state index contributed by atoms with van der Waals surface area (Å²) in [5.41, 5.74) is 2.90. The van der Waals surface area contributed by atoms with Crippen molar-refractivity contribution in [1.29, 1.82) is 0 Å². The van der Waals surface area contributed by atoms with Crippen LogP contribution in [0.4, 0.5) is 0 Å². The lowest BCUT2D eigenvalue weighted by molar-refractivity contribution is -0.139. The molecule has 0 unspecified atom stereocenters. The summed E-state index contributed by atoms with van der Waals surface area (Å²) in [6, 6.07) is 21.8. The molecule has 0 spiro atoms. The zero-order chi connectivity index (χ0) is 23.8. The first-order valence-corrected chi connectivity index (χ1v) is 12.9. The number of thioether (sulfide) groups is 1. The minimum atomic E-state index is -3.59. The fraction of sp³-hybridized carbons (Fsp3) is 0.125. The molecule has 0 aliphatic heterocycles. The van der Waals surface area contributed by atoms with Crippen LogP contribution in [0.5, 0.6) is 11.5 Å². The molecule has 33 heavy (non-hydrogen) atoms. The van der Waals surface area contributed by atoms with Crippen LogP contribution in [-0.4, -0.2) is 38.1 Å². The Bertz CT molecular complexity index is 1240. The molecule has 6 nitrogen and oxygen atoms in total. The largest absolute Gasteiger partial charge is 0.482 e. The zero-order valence-corrected chi connectivity index (χ0v) is 20.0. The quantitative estimate of drug-likeness (QED) is 0.293. The van der Waals surface area contributed by atoms with Crippen molar-refractivity contribution in [3.63, 3.8) is 0 Å². The molecule has 0 heterocycles. The molecule has 3 rings (SSSR count). The van der Waals surface area contributed by atoms with Crippen molar-refractivity contribution in [2.24, 2.45) is 0 Å².